The van der Waals surface area contributed by atoms with E-state index in [4.69, 9.17) is 0 Å². The van der Waals surface area contributed by atoms with Crippen molar-refractivity contribution >= 4 is 10.9 Å². The first-order valence-corrected chi connectivity index (χ1v) is 9.97. The molecule has 1 unspecified atom stereocenters. The van der Waals surface area contributed by atoms with Gasteiger partial charge in [0.05, 0.1) is 17.4 Å². The van der Waals surface area contributed by atoms with Gasteiger partial charge in [-0.2, -0.15) is 18.3 Å². The molecule has 1 N–H and O–H groups in total. The largest absolute Gasteiger partial charge is 0.386 e. The molecule has 0 saturated heterocycles. The van der Waals surface area contributed by atoms with Crippen LogP contribution < -0.4 is 0 Å². The fourth-order valence-electron chi connectivity index (χ4n) is 3.33. The summed E-state index contributed by atoms with van der Waals surface area (Å²) in [5.74, 6) is -0.276. The monoisotopic (exact) mass is 444 g/mol. The van der Waals surface area contributed by atoms with Crippen LogP contribution in [0.4, 0.5) is 17.6 Å². The lowest BCUT2D eigenvalue weighted by atomic mass is 9.86. The molecule has 0 aliphatic heterocycles. The lowest BCUT2D eigenvalue weighted by Crippen LogP contribution is -2.22. The second kappa shape index (κ2) is 8.74. The summed E-state index contributed by atoms with van der Waals surface area (Å²) in [6, 6.07) is 18.1. The Bertz CT molecular complexity index is 1220. The molecule has 4 rings (SSSR count). The number of alkyl halides is 3. The number of hydrogen-bond acceptors (Lipinski definition) is 2. The fourth-order valence-corrected chi connectivity index (χ4v) is 3.33. The van der Waals surface area contributed by atoms with Crippen molar-refractivity contribution in [2.24, 2.45) is 0 Å². The van der Waals surface area contributed by atoms with E-state index < -0.39 is 11.8 Å². The van der Waals surface area contributed by atoms with E-state index in [1.165, 1.54) is 17.7 Å². The van der Waals surface area contributed by atoms with E-state index in [-0.39, 0.29) is 12.7 Å². The number of aryl methyl sites for hydroxylation is 2. The Morgan fingerprint density at radius 2 is 1.38 bits per heavy atom. The second-order valence-electron chi connectivity index (χ2n) is 7.96. The summed E-state index contributed by atoms with van der Waals surface area (Å²) in [5.41, 5.74) is 4.60. The van der Waals surface area contributed by atoms with E-state index >= 15 is 0 Å². The van der Waals surface area contributed by atoms with E-state index in [2.05, 4.69) is 12.0 Å². The second-order valence-corrected chi connectivity index (χ2v) is 7.96. The average molecular weight is 444 g/mol. The van der Waals surface area contributed by atoms with Crippen molar-refractivity contribution in [3.63, 3.8) is 0 Å². The maximum Gasteiger partial charge on any atom is 0.386 e. The zero-order valence-electron chi connectivity index (χ0n) is 18.2. The van der Waals surface area contributed by atoms with Crippen molar-refractivity contribution < 1.29 is 22.7 Å². The van der Waals surface area contributed by atoms with Crippen LogP contribution in [-0.2, 0) is 5.60 Å². The number of fused-ring (bicyclic) bond motifs is 1. The number of rotatable bonds is 3. The van der Waals surface area contributed by atoms with Crippen LogP contribution in [0, 0.1) is 19.7 Å². The minimum absolute atomic E-state index is 0.188. The minimum Gasteiger partial charge on any atom is -0.381 e. The third-order valence-electron chi connectivity index (χ3n) is 5.27. The number of hydrogen-bond donors (Lipinski definition) is 1. The summed E-state index contributed by atoms with van der Waals surface area (Å²) in [6.45, 7) is 6.10. The number of nitrogens with zero attached hydrogens (tertiary/aromatic N) is 2. The molecule has 7 heteroatoms. The van der Waals surface area contributed by atoms with Gasteiger partial charge in [0, 0.05) is 12.3 Å². The third-order valence-corrected chi connectivity index (χ3v) is 5.27. The molecule has 3 aromatic carbocycles. The van der Waals surface area contributed by atoms with Crippen LogP contribution in [0.5, 0.6) is 0 Å². The Morgan fingerprint density at radius 3 is 1.97 bits per heavy atom. The van der Waals surface area contributed by atoms with Crippen molar-refractivity contribution in [3.05, 3.63) is 94.9 Å². The van der Waals surface area contributed by atoms with Gasteiger partial charge in [-0.3, -0.25) is 0 Å². The first-order chi connectivity index (χ1) is 14.9. The van der Waals surface area contributed by atoms with E-state index in [0.717, 1.165) is 33.3 Å². The lowest BCUT2D eigenvalue weighted by Gasteiger charge is -2.25. The summed E-state index contributed by atoms with van der Waals surface area (Å²) in [5, 5.41) is 16.6. The highest BCUT2D eigenvalue weighted by atomic mass is 19.4. The number of aromatic nitrogens is 2. The lowest BCUT2D eigenvalue weighted by molar-refractivity contribution is -0.110. The number of aliphatic hydroxyl groups is 1. The van der Waals surface area contributed by atoms with Gasteiger partial charge in [-0.15, -0.1) is 0 Å². The SMILES string of the molecule is CC(F)(F)F.Cc1ccc(C(C)(O)c2ccc3c(cnn3-c3ccc(F)cc3)c2)cc1C. The van der Waals surface area contributed by atoms with Gasteiger partial charge in [-0.05, 0) is 79.4 Å². The van der Waals surface area contributed by atoms with E-state index in [1.807, 2.05) is 50.2 Å². The number of halogens is 4. The maximum absolute atomic E-state index is 13.2. The molecule has 3 nitrogen and oxygen atoms in total. The van der Waals surface area contributed by atoms with Crippen molar-refractivity contribution in [1.29, 1.82) is 0 Å². The highest BCUT2D eigenvalue weighted by Crippen LogP contribution is 2.32. The van der Waals surface area contributed by atoms with Crippen LogP contribution in [-0.4, -0.2) is 21.1 Å². The van der Waals surface area contributed by atoms with Crippen molar-refractivity contribution in [2.45, 2.75) is 39.5 Å². The van der Waals surface area contributed by atoms with Gasteiger partial charge in [0.1, 0.15) is 11.4 Å². The topological polar surface area (TPSA) is 38.1 Å². The van der Waals surface area contributed by atoms with Gasteiger partial charge in [-0.1, -0.05) is 24.3 Å². The standard InChI is InChI=1S/C23H21FN2O.C2H3F3/c1-15-4-5-18(12-16(15)2)23(3,27)19-6-11-22-17(13-19)14-25-26(22)21-9-7-20(24)8-10-21;1-2(3,4)5/h4-14,27H,1-3H3;1H3. The highest BCUT2D eigenvalue weighted by molar-refractivity contribution is 5.81. The molecule has 0 spiro atoms. The predicted octanol–water partition coefficient (Wildman–Crippen LogP) is 6.61. The van der Waals surface area contributed by atoms with E-state index in [0.29, 0.717) is 0 Å². The minimum atomic E-state index is -4.00. The van der Waals surface area contributed by atoms with Crippen LogP contribution in [0.3, 0.4) is 0 Å². The van der Waals surface area contributed by atoms with Crippen LogP contribution in [0.25, 0.3) is 16.6 Å². The van der Waals surface area contributed by atoms with Gasteiger partial charge < -0.3 is 5.11 Å². The molecule has 0 amide bonds. The molecule has 0 aliphatic carbocycles. The van der Waals surface area contributed by atoms with Crippen LogP contribution in [0.15, 0.2) is 66.9 Å². The molecule has 0 bridgehead atoms. The normalized spacial score (nSPS) is 13.4. The Morgan fingerprint density at radius 1 is 0.812 bits per heavy atom. The Balaban J connectivity index is 0.000000523. The predicted molar refractivity (Wildman–Crippen MR) is 117 cm³/mol. The molecular formula is C25H24F4N2O. The molecule has 0 fully saturated rings. The zero-order valence-corrected chi connectivity index (χ0v) is 18.2. The van der Waals surface area contributed by atoms with E-state index in [9.17, 15) is 22.7 Å². The van der Waals surface area contributed by atoms with Crippen molar-refractivity contribution in [1.82, 2.24) is 9.78 Å². The Hall–Kier alpha value is -3.19. The fraction of sp³-hybridized carbons (Fsp3) is 0.240. The zero-order chi connectivity index (χ0) is 23.7. The molecular weight excluding hydrogens is 420 g/mol. The van der Waals surface area contributed by atoms with Gasteiger partial charge in [0.15, 0.2) is 0 Å². The van der Waals surface area contributed by atoms with Crippen LogP contribution >= 0.6 is 0 Å². The van der Waals surface area contributed by atoms with Crippen LogP contribution in [0.1, 0.15) is 36.1 Å². The summed E-state index contributed by atoms with van der Waals surface area (Å²) in [4.78, 5) is 0. The quantitative estimate of drug-likeness (QED) is 0.361. The van der Waals surface area contributed by atoms with Gasteiger partial charge in [0.2, 0.25) is 0 Å². The summed E-state index contributed by atoms with van der Waals surface area (Å²) >= 11 is 0. The van der Waals surface area contributed by atoms with E-state index in [1.54, 1.807) is 23.0 Å². The summed E-state index contributed by atoms with van der Waals surface area (Å²) in [7, 11) is 0. The average Bonchev–Trinajstić information content (AvgIpc) is 3.12. The molecule has 168 valence electrons. The maximum atomic E-state index is 13.2. The third kappa shape index (κ3) is 5.34. The Labute approximate surface area is 183 Å². The molecule has 1 heterocycles. The van der Waals surface area contributed by atoms with Gasteiger partial charge in [-0.25, -0.2) is 9.07 Å². The van der Waals surface area contributed by atoms with Crippen molar-refractivity contribution in [3.8, 4) is 5.69 Å². The number of benzene rings is 3. The molecule has 4 aromatic rings. The molecule has 0 radical (unpaired) electrons. The molecule has 1 aromatic heterocycles. The van der Waals surface area contributed by atoms with Gasteiger partial charge >= 0.3 is 6.18 Å². The molecule has 1 atom stereocenters. The Kier molecular flexibility index (Phi) is 6.41. The summed E-state index contributed by atoms with van der Waals surface area (Å²) in [6.07, 6.45) is -2.24. The van der Waals surface area contributed by atoms with Crippen molar-refractivity contribution in [2.75, 3.05) is 0 Å². The first-order valence-electron chi connectivity index (χ1n) is 9.97. The molecule has 0 aliphatic rings. The van der Waals surface area contributed by atoms with Gasteiger partial charge in [0.25, 0.3) is 0 Å². The smallest absolute Gasteiger partial charge is 0.381 e. The molecule has 32 heavy (non-hydrogen) atoms. The summed E-state index contributed by atoms with van der Waals surface area (Å²) < 4.78 is 46.0. The highest BCUT2D eigenvalue weighted by Gasteiger charge is 2.26. The van der Waals surface area contributed by atoms with Crippen LogP contribution in [0.2, 0.25) is 0 Å². The molecule has 0 saturated carbocycles. The first kappa shape index (κ1) is 23.5.